The predicted molar refractivity (Wildman–Crippen MR) is 154 cm³/mol. The van der Waals surface area contributed by atoms with Gasteiger partial charge in [-0.05, 0) is 55.5 Å². The highest BCUT2D eigenvalue weighted by Crippen LogP contribution is 2.46. The number of anilines is 1. The molecule has 1 N–H and O–H groups in total. The fourth-order valence-corrected chi connectivity index (χ4v) is 7.28. The summed E-state index contributed by atoms with van der Waals surface area (Å²) in [6.07, 6.45) is 10.6. The Hall–Kier alpha value is -3.58. The number of hydrogen-bond acceptors (Lipinski definition) is 5. The second kappa shape index (κ2) is 8.98. The van der Waals surface area contributed by atoms with Gasteiger partial charge in [-0.15, -0.1) is 6.42 Å². The maximum Gasteiger partial charge on any atom is 0.195 e. The molecule has 2 aliphatic carbocycles. The number of aromatic amines is 1. The van der Waals surface area contributed by atoms with Crippen LogP contribution in [0, 0.1) is 23.7 Å². The summed E-state index contributed by atoms with van der Waals surface area (Å²) in [5.41, 5.74) is 6.03. The van der Waals surface area contributed by atoms with E-state index in [1.54, 1.807) is 0 Å². The van der Waals surface area contributed by atoms with Gasteiger partial charge in [-0.3, -0.25) is 14.6 Å². The molecular weight excluding hydrogens is 482 g/mol. The van der Waals surface area contributed by atoms with E-state index < -0.39 is 5.41 Å². The number of nitrogens with one attached hydrogen (secondary N) is 1. The zero-order valence-electron chi connectivity index (χ0n) is 22.9. The van der Waals surface area contributed by atoms with Crippen molar-refractivity contribution in [3.8, 4) is 18.4 Å². The van der Waals surface area contributed by atoms with Gasteiger partial charge in [0.2, 0.25) is 0 Å². The standard InChI is InChI=1S/C33H35N5O/c1-4-21-5-8-25-28(17-21)35-32-30(25)31(39)26-18-22(20-34)29(19-27(26)33(32,2)3)38-11-9-24(10-12-38)37-15-13-36(14-16-37)23-6-7-23/h1,5,8,17-19,23-24,35H,6-7,9-16H2,2-3H3. The highest BCUT2D eigenvalue weighted by atomic mass is 16.1. The fraction of sp³-hybridized carbons (Fsp3) is 0.455. The molecule has 0 radical (unpaired) electrons. The summed E-state index contributed by atoms with van der Waals surface area (Å²) in [5, 5.41) is 11.0. The van der Waals surface area contributed by atoms with Crippen LogP contribution in [0.5, 0.6) is 0 Å². The summed E-state index contributed by atoms with van der Waals surface area (Å²) < 4.78 is 0. The van der Waals surface area contributed by atoms with Crippen LogP contribution in [0.15, 0.2) is 30.3 Å². The molecule has 0 spiro atoms. The van der Waals surface area contributed by atoms with Crippen molar-refractivity contribution in [3.63, 3.8) is 0 Å². The van der Waals surface area contributed by atoms with Crippen LogP contribution < -0.4 is 4.90 Å². The molecule has 6 nitrogen and oxygen atoms in total. The number of piperazine rings is 1. The number of hydrogen-bond donors (Lipinski definition) is 1. The van der Waals surface area contributed by atoms with E-state index in [9.17, 15) is 10.1 Å². The molecule has 2 aliphatic heterocycles. The zero-order chi connectivity index (χ0) is 26.9. The van der Waals surface area contributed by atoms with E-state index in [1.165, 1.54) is 39.0 Å². The van der Waals surface area contributed by atoms with Crippen LogP contribution >= 0.6 is 0 Å². The van der Waals surface area contributed by atoms with Crippen LogP contribution in [0.3, 0.4) is 0 Å². The van der Waals surface area contributed by atoms with Gasteiger partial charge in [0.05, 0.1) is 16.8 Å². The molecule has 6 heteroatoms. The van der Waals surface area contributed by atoms with E-state index in [2.05, 4.69) is 51.6 Å². The van der Waals surface area contributed by atoms with Gasteiger partial charge < -0.3 is 9.88 Å². The van der Waals surface area contributed by atoms with E-state index >= 15 is 0 Å². The molecule has 0 bridgehead atoms. The highest BCUT2D eigenvalue weighted by Gasteiger charge is 2.41. The minimum absolute atomic E-state index is 0.0221. The zero-order valence-corrected chi connectivity index (χ0v) is 22.9. The SMILES string of the molecule is C#Cc1ccc2c3c([nH]c2c1)C(C)(C)c1cc(N2CCC(N4CCN(C5CC5)CC4)CC2)c(C#N)cc1C3=O. The predicted octanol–water partition coefficient (Wildman–Crippen LogP) is 4.64. The third-order valence-corrected chi connectivity index (χ3v) is 9.73. The quantitative estimate of drug-likeness (QED) is 0.513. The Morgan fingerprint density at radius 3 is 2.23 bits per heavy atom. The lowest BCUT2D eigenvalue weighted by molar-refractivity contribution is 0.0809. The second-order valence-electron chi connectivity index (χ2n) is 12.3. The minimum Gasteiger partial charge on any atom is -0.370 e. The molecule has 3 heterocycles. The molecule has 2 aromatic carbocycles. The largest absolute Gasteiger partial charge is 0.370 e. The first-order valence-corrected chi connectivity index (χ1v) is 14.4. The van der Waals surface area contributed by atoms with Gasteiger partial charge >= 0.3 is 0 Å². The van der Waals surface area contributed by atoms with Gasteiger partial charge in [-0.2, -0.15) is 5.26 Å². The van der Waals surface area contributed by atoms with Crippen molar-refractivity contribution < 1.29 is 4.79 Å². The van der Waals surface area contributed by atoms with Crippen LogP contribution in [0.4, 0.5) is 5.69 Å². The molecule has 3 fully saturated rings. The molecule has 39 heavy (non-hydrogen) atoms. The van der Waals surface area contributed by atoms with Crippen molar-refractivity contribution in [3.05, 3.63) is 63.8 Å². The van der Waals surface area contributed by atoms with Crippen LogP contribution in [0.25, 0.3) is 10.9 Å². The number of piperidine rings is 1. The molecular formula is C33H35N5O. The first kappa shape index (κ1) is 24.5. The lowest BCUT2D eigenvalue weighted by atomic mass is 9.70. The van der Waals surface area contributed by atoms with E-state index in [0.717, 1.165) is 65.4 Å². The van der Waals surface area contributed by atoms with Gasteiger partial charge in [0.15, 0.2) is 5.78 Å². The average molecular weight is 518 g/mol. The highest BCUT2D eigenvalue weighted by molar-refractivity contribution is 6.20. The first-order chi connectivity index (χ1) is 18.9. The average Bonchev–Trinajstić information content (AvgIpc) is 3.75. The number of nitriles is 1. The van der Waals surface area contributed by atoms with Gasteiger partial charge in [-0.25, -0.2) is 0 Å². The van der Waals surface area contributed by atoms with Crippen molar-refractivity contribution in [1.82, 2.24) is 14.8 Å². The molecule has 198 valence electrons. The van der Waals surface area contributed by atoms with Crippen molar-refractivity contribution >= 4 is 22.4 Å². The molecule has 4 aliphatic rings. The fourth-order valence-electron chi connectivity index (χ4n) is 7.28. The third kappa shape index (κ3) is 3.89. The molecule has 0 unspecified atom stereocenters. The number of ketones is 1. The number of nitrogens with zero attached hydrogens (tertiary/aromatic N) is 4. The van der Waals surface area contributed by atoms with Crippen LogP contribution in [0.2, 0.25) is 0 Å². The lowest BCUT2D eigenvalue weighted by Gasteiger charge is -2.43. The van der Waals surface area contributed by atoms with Crippen molar-refractivity contribution in [2.45, 2.75) is 57.0 Å². The van der Waals surface area contributed by atoms with Gasteiger partial charge in [-0.1, -0.05) is 25.8 Å². The van der Waals surface area contributed by atoms with Gasteiger partial charge in [0.1, 0.15) is 6.07 Å². The molecule has 0 amide bonds. The number of terminal acetylenes is 1. The normalized spacial score (nSPS) is 21.8. The number of aromatic nitrogens is 1. The number of benzene rings is 2. The van der Waals surface area contributed by atoms with Gasteiger partial charge in [0.25, 0.3) is 0 Å². The summed E-state index contributed by atoms with van der Waals surface area (Å²) in [5.74, 6) is 2.67. The number of fused-ring (bicyclic) bond motifs is 4. The van der Waals surface area contributed by atoms with Crippen molar-refractivity contribution in [1.29, 1.82) is 5.26 Å². The Labute approximate surface area is 230 Å². The van der Waals surface area contributed by atoms with Gasteiger partial charge in [0, 0.05) is 84.5 Å². The van der Waals surface area contributed by atoms with Crippen LogP contribution in [-0.4, -0.2) is 71.9 Å². The topological polar surface area (TPSA) is 66.4 Å². The smallest absolute Gasteiger partial charge is 0.195 e. The maximum absolute atomic E-state index is 13.9. The third-order valence-electron chi connectivity index (χ3n) is 9.73. The van der Waals surface area contributed by atoms with Crippen molar-refractivity contribution in [2.24, 2.45) is 0 Å². The summed E-state index contributed by atoms with van der Waals surface area (Å²) in [6.45, 7) is 11.0. The molecule has 2 saturated heterocycles. The Balaban J connectivity index is 1.17. The Morgan fingerprint density at radius 2 is 1.62 bits per heavy atom. The van der Waals surface area contributed by atoms with E-state index in [4.69, 9.17) is 6.42 Å². The monoisotopic (exact) mass is 517 g/mol. The number of carbonyl (C=O) groups excluding carboxylic acids is 1. The Bertz CT molecular complexity index is 1560. The van der Waals surface area contributed by atoms with Crippen molar-refractivity contribution in [2.75, 3.05) is 44.2 Å². The molecule has 0 atom stereocenters. The molecule has 1 aromatic heterocycles. The number of rotatable bonds is 3. The summed E-state index contributed by atoms with van der Waals surface area (Å²) in [7, 11) is 0. The first-order valence-electron chi connectivity index (χ1n) is 14.4. The summed E-state index contributed by atoms with van der Waals surface area (Å²) in [4.78, 5) is 25.1. The van der Waals surface area contributed by atoms with E-state index in [1.807, 2.05) is 24.3 Å². The number of H-pyrrole nitrogens is 1. The Morgan fingerprint density at radius 1 is 0.949 bits per heavy atom. The summed E-state index contributed by atoms with van der Waals surface area (Å²) >= 11 is 0. The lowest BCUT2D eigenvalue weighted by Crippen LogP contribution is -2.53. The van der Waals surface area contributed by atoms with E-state index in [-0.39, 0.29) is 5.78 Å². The molecule has 7 rings (SSSR count). The van der Waals surface area contributed by atoms with Crippen LogP contribution in [0.1, 0.15) is 77.8 Å². The second-order valence-corrected chi connectivity index (χ2v) is 12.3. The van der Waals surface area contributed by atoms with Crippen LogP contribution in [-0.2, 0) is 5.41 Å². The summed E-state index contributed by atoms with van der Waals surface area (Å²) in [6, 6.07) is 13.6. The minimum atomic E-state index is -0.420. The maximum atomic E-state index is 13.9. The molecule has 1 saturated carbocycles. The Kier molecular flexibility index (Phi) is 5.63. The number of carbonyl (C=O) groups is 1. The van der Waals surface area contributed by atoms with E-state index in [0.29, 0.717) is 22.7 Å². The molecule has 3 aromatic rings.